The Morgan fingerprint density at radius 2 is 1.90 bits per heavy atom. The topological polar surface area (TPSA) is 69.4 Å². The molecule has 1 unspecified atom stereocenters. The van der Waals surface area contributed by atoms with Crippen molar-refractivity contribution in [1.29, 1.82) is 0 Å². The lowest BCUT2D eigenvalue weighted by atomic mass is 10.00. The molecule has 2 aromatic rings. The molecule has 5 heteroatoms. The molecule has 2 rings (SSSR count). The van der Waals surface area contributed by atoms with Gasteiger partial charge in [0.2, 0.25) is 5.88 Å². The molecule has 0 aliphatic carbocycles. The van der Waals surface area contributed by atoms with E-state index in [4.69, 9.17) is 15.3 Å². The second-order valence-electron chi connectivity index (χ2n) is 4.79. The van der Waals surface area contributed by atoms with Crippen LogP contribution >= 0.6 is 0 Å². The number of nitrogens with two attached hydrogens (primary N) is 1. The number of nitrogens with one attached hydrogen (secondary N) is 1. The number of hydrazine groups is 1. The van der Waals surface area contributed by atoms with Crippen LogP contribution < -0.4 is 20.7 Å². The van der Waals surface area contributed by atoms with Crippen molar-refractivity contribution in [3.05, 3.63) is 53.7 Å². The van der Waals surface area contributed by atoms with E-state index in [1.165, 1.54) is 0 Å². The van der Waals surface area contributed by atoms with E-state index in [2.05, 4.69) is 16.5 Å². The Balaban J connectivity index is 2.05. The third-order valence-corrected chi connectivity index (χ3v) is 3.38. The zero-order chi connectivity index (χ0) is 15.1. The summed E-state index contributed by atoms with van der Waals surface area (Å²) in [5, 5.41) is 0. The van der Waals surface area contributed by atoms with E-state index < -0.39 is 0 Å². The molecular weight excluding hydrogens is 266 g/mol. The molecule has 3 N–H and O–H groups in total. The van der Waals surface area contributed by atoms with Gasteiger partial charge in [-0.05, 0) is 30.0 Å². The highest BCUT2D eigenvalue weighted by Crippen LogP contribution is 2.20. The van der Waals surface area contributed by atoms with E-state index in [0.29, 0.717) is 5.88 Å². The molecule has 0 spiro atoms. The largest absolute Gasteiger partial charge is 0.496 e. The van der Waals surface area contributed by atoms with E-state index in [9.17, 15) is 0 Å². The number of methoxy groups -OCH3 is 2. The molecule has 0 saturated carbocycles. The molecule has 0 aliphatic heterocycles. The highest BCUT2D eigenvalue weighted by atomic mass is 16.5. The monoisotopic (exact) mass is 287 g/mol. The maximum absolute atomic E-state index is 5.68. The number of hydrogen-bond donors (Lipinski definition) is 2. The van der Waals surface area contributed by atoms with Gasteiger partial charge in [0.15, 0.2) is 0 Å². The summed E-state index contributed by atoms with van der Waals surface area (Å²) in [5.74, 6) is 7.17. The van der Waals surface area contributed by atoms with Crippen LogP contribution in [-0.4, -0.2) is 25.2 Å². The number of rotatable bonds is 7. The van der Waals surface area contributed by atoms with Gasteiger partial charge in [-0.25, -0.2) is 4.98 Å². The summed E-state index contributed by atoms with van der Waals surface area (Å²) in [6, 6.07) is 11.9. The second kappa shape index (κ2) is 7.61. The van der Waals surface area contributed by atoms with Crippen LogP contribution in [0, 0.1) is 0 Å². The Bertz CT molecular complexity index is 558. The minimum Gasteiger partial charge on any atom is -0.496 e. The predicted octanol–water partition coefficient (Wildman–Crippen LogP) is 1.72. The van der Waals surface area contributed by atoms with E-state index in [1.54, 1.807) is 14.2 Å². The number of para-hydroxylation sites is 1. The van der Waals surface area contributed by atoms with Crippen LogP contribution in [0.15, 0.2) is 42.6 Å². The van der Waals surface area contributed by atoms with Crippen LogP contribution in [0.25, 0.3) is 0 Å². The third kappa shape index (κ3) is 4.18. The molecule has 0 bridgehead atoms. The first-order chi connectivity index (χ1) is 10.3. The lowest BCUT2D eigenvalue weighted by molar-refractivity contribution is 0.397. The molecule has 112 valence electrons. The SMILES string of the molecule is COc1ccc(CC(Cc2ccccc2OC)NN)cn1. The fourth-order valence-corrected chi connectivity index (χ4v) is 2.26. The molecule has 1 aromatic heterocycles. The lowest BCUT2D eigenvalue weighted by Gasteiger charge is -2.17. The molecular formula is C16H21N3O2. The molecule has 0 fully saturated rings. The Labute approximate surface area is 125 Å². The van der Waals surface area contributed by atoms with Gasteiger partial charge in [0.25, 0.3) is 0 Å². The number of pyridine rings is 1. The zero-order valence-electron chi connectivity index (χ0n) is 12.4. The third-order valence-electron chi connectivity index (χ3n) is 3.38. The lowest BCUT2D eigenvalue weighted by Crippen LogP contribution is -2.38. The Kier molecular flexibility index (Phi) is 5.54. The van der Waals surface area contributed by atoms with Gasteiger partial charge in [-0.2, -0.15) is 0 Å². The van der Waals surface area contributed by atoms with Crippen LogP contribution in [-0.2, 0) is 12.8 Å². The van der Waals surface area contributed by atoms with Crippen LogP contribution in [0.1, 0.15) is 11.1 Å². The summed E-state index contributed by atoms with van der Waals surface area (Å²) in [6.45, 7) is 0. The van der Waals surface area contributed by atoms with Gasteiger partial charge >= 0.3 is 0 Å². The molecule has 5 nitrogen and oxygen atoms in total. The Morgan fingerprint density at radius 3 is 2.52 bits per heavy atom. The molecule has 0 saturated heterocycles. The smallest absolute Gasteiger partial charge is 0.212 e. The van der Waals surface area contributed by atoms with Gasteiger partial charge in [-0.3, -0.25) is 11.3 Å². The van der Waals surface area contributed by atoms with Crippen molar-refractivity contribution in [2.45, 2.75) is 18.9 Å². The number of aromatic nitrogens is 1. The highest BCUT2D eigenvalue weighted by molar-refractivity contribution is 5.34. The molecule has 0 radical (unpaired) electrons. The average Bonchev–Trinajstić information content (AvgIpc) is 2.55. The van der Waals surface area contributed by atoms with Crippen molar-refractivity contribution in [2.24, 2.45) is 5.84 Å². The first-order valence-electron chi connectivity index (χ1n) is 6.83. The van der Waals surface area contributed by atoms with Crippen LogP contribution in [0.4, 0.5) is 0 Å². The van der Waals surface area contributed by atoms with Crippen molar-refractivity contribution in [1.82, 2.24) is 10.4 Å². The second-order valence-corrected chi connectivity index (χ2v) is 4.79. The summed E-state index contributed by atoms with van der Waals surface area (Å²) in [7, 11) is 3.28. The number of benzene rings is 1. The number of hydrogen-bond acceptors (Lipinski definition) is 5. The molecule has 21 heavy (non-hydrogen) atoms. The van der Waals surface area contributed by atoms with E-state index in [1.807, 2.05) is 36.5 Å². The summed E-state index contributed by atoms with van der Waals surface area (Å²) >= 11 is 0. The summed E-state index contributed by atoms with van der Waals surface area (Å²) in [6.07, 6.45) is 3.38. The van der Waals surface area contributed by atoms with Crippen molar-refractivity contribution < 1.29 is 9.47 Å². The van der Waals surface area contributed by atoms with Crippen LogP contribution in [0.2, 0.25) is 0 Å². The molecule has 0 aliphatic rings. The molecule has 1 heterocycles. The summed E-state index contributed by atoms with van der Waals surface area (Å²) in [5.41, 5.74) is 5.10. The molecule has 1 aromatic carbocycles. The van der Waals surface area contributed by atoms with Crippen molar-refractivity contribution in [3.63, 3.8) is 0 Å². The van der Waals surface area contributed by atoms with Gasteiger partial charge < -0.3 is 9.47 Å². The van der Waals surface area contributed by atoms with Crippen LogP contribution in [0.5, 0.6) is 11.6 Å². The normalized spacial score (nSPS) is 12.0. The predicted molar refractivity (Wildman–Crippen MR) is 82.3 cm³/mol. The van der Waals surface area contributed by atoms with Crippen molar-refractivity contribution in [3.8, 4) is 11.6 Å². The number of nitrogens with zero attached hydrogens (tertiary/aromatic N) is 1. The molecule has 1 atom stereocenters. The summed E-state index contributed by atoms with van der Waals surface area (Å²) in [4.78, 5) is 4.21. The van der Waals surface area contributed by atoms with Gasteiger partial charge in [-0.1, -0.05) is 24.3 Å². The van der Waals surface area contributed by atoms with Gasteiger partial charge in [-0.15, -0.1) is 0 Å². The molecule has 0 amide bonds. The van der Waals surface area contributed by atoms with Gasteiger partial charge in [0.1, 0.15) is 5.75 Å². The fourth-order valence-electron chi connectivity index (χ4n) is 2.26. The highest BCUT2D eigenvalue weighted by Gasteiger charge is 2.12. The quantitative estimate of drug-likeness (QED) is 0.599. The van der Waals surface area contributed by atoms with Gasteiger partial charge in [0.05, 0.1) is 14.2 Å². The fraction of sp³-hybridized carbons (Fsp3) is 0.312. The maximum atomic E-state index is 5.68. The minimum atomic E-state index is 0.108. The van der Waals surface area contributed by atoms with E-state index >= 15 is 0 Å². The van der Waals surface area contributed by atoms with Crippen LogP contribution in [0.3, 0.4) is 0 Å². The van der Waals surface area contributed by atoms with Crippen molar-refractivity contribution >= 4 is 0 Å². The van der Waals surface area contributed by atoms with E-state index in [-0.39, 0.29) is 6.04 Å². The zero-order valence-corrected chi connectivity index (χ0v) is 12.4. The summed E-state index contributed by atoms with van der Waals surface area (Å²) < 4.78 is 10.4. The van der Waals surface area contributed by atoms with Crippen molar-refractivity contribution in [2.75, 3.05) is 14.2 Å². The standard InChI is InChI=1S/C16H21N3O2/c1-20-15-6-4-3-5-13(15)10-14(19-17)9-12-7-8-16(21-2)18-11-12/h3-8,11,14,19H,9-10,17H2,1-2H3. The first kappa shape index (κ1) is 15.3. The Hall–Kier alpha value is -2.11. The number of ether oxygens (including phenoxy) is 2. The van der Waals surface area contributed by atoms with E-state index in [0.717, 1.165) is 29.7 Å². The maximum Gasteiger partial charge on any atom is 0.212 e. The van der Waals surface area contributed by atoms with Gasteiger partial charge in [0, 0.05) is 18.3 Å². The minimum absolute atomic E-state index is 0.108. The Morgan fingerprint density at radius 1 is 1.10 bits per heavy atom. The first-order valence-corrected chi connectivity index (χ1v) is 6.83. The average molecular weight is 287 g/mol.